The molecule has 0 saturated carbocycles. The number of carboxylic acid groups (broad SMARTS) is 1. The number of carbonyl (C=O) groups is 1. The van der Waals surface area contributed by atoms with Crippen molar-refractivity contribution in [3.63, 3.8) is 0 Å². The molecule has 0 aliphatic carbocycles. The molecule has 2 aromatic carbocycles. The van der Waals surface area contributed by atoms with Gasteiger partial charge >= 0.3 is 6.09 Å². The highest BCUT2D eigenvalue weighted by Gasteiger charge is 2.50. The van der Waals surface area contributed by atoms with Crippen LogP contribution in [0.4, 0.5) is 10.5 Å². The second kappa shape index (κ2) is 6.59. The lowest BCUT2D eigenvalue weighted by Gasteiger charge is -2.54. The fourth-order valence-electron chi connectivity index (χ4n) is 5.03. The molecule has 1 unspecified atom stereocenters. The number of rotatable bonds is 1. The predicted octanol–water partition coefficient (Wildman–Crippen LogP) is 5.70. The third kappa shape index (κ3) is 3.07. The Labute approximate surface area is 161 Å². The van der Waals surface area contributed by atoms with Crippen molar-refractivity contribution >= 4 is 11.8 Å². The number of anilines is 1. The minimum absolute atomic E-state index is 0.0128. The van der Waals surface area contributed by atoms with Crippen LogP contribution in [0.1, 0.15) is 56.8 Å². The van der Waals surface area contributed by atoms with Crippen molar-refractivity contribution in [3.8, 4) is 0 Å². The van der Waals surface area contributed by atoms with Gasteiger partial charge in [0.25, 0.3) is 0 Å². The first-order chi connectivity index (χ1) is 12.9. The summed E-state index contributed by atoms with van der Waals surface area (Å²) in [6, 6.07) is 18.6. The molecule has 2 aliphatic rings. The minimum atomic E-state index is -0.812. The van der Waals surface area contributed by atoms with E-state index in [1.165, 1.54) is 5.56 Å². The average molecular weight is 364 g/mol. The van der Waals surface area contributed by atoms with E-state index < -0.39 is 6.09 Å². The van der Waals surface area contributed by atoms with Gasteiger partial charge in [-0.3, -0.25) is 4.90 Å². The maximum Gasteiger partial charge on any atom is 0.408 e. The Morgan fingerprint density at radius 1 is 1.04 bits per heavy atom. The van der Waals surface area contributed by atoms with Gasteiger partial charge in [-0.2, -0.15) is 0 Å². The standard InChI is InChI=1S/C23H28N2O2/c1-23(2,3)19-14-13-17-20(15-9-5-4-6-10-15)24-18-12-8-7-11-16(18)21(17)25(19)22(26)27/h4-12,17,19-21,24H,13-14H2,1-3H3,(H,26,27)/t17-,19?,20+,21+/m1/s1. The maximum absolute atomic E-state index is 12.4. The SMILES string of the molecule is CC(C)(C)C1CC[C@@H]2[C@H](c3ccccc3)Nc3ccccc3[C@@H]2N1C(=O)O. The number of amides is 1. The number of fused-ring (bicyclic) bond motifs is 3. The Balaban J connectivity index is 1.84. The number of hydrogen-bond donors (Lipinski definition) is 2. The van der Waals surface area contributed by atoms with Crippen molar-refractivity contribution in [2.24, 2.45) is 11.3 Å². The molecule has 0 spiro atoms. The number of likely N-dealkylation sites (tertiary alicyclic amines) is 1. The summed E-state index contributed by atoms with van der Waals surface area (Å²) < 4.78 is 0. The van der Waals surface area contributed by atoms with Crippen LogP contribution in [0.15, 0.2) is 54.6 Å². The van der Waals surface area contributed by atoms with E-state index in [0.717, 1.165) is 24.1 Å². The molecule has 0 bridgehead atoms. The molecule has 142 valence electrons. The van der Waals surface area contributed by atoms with Gasteiger partial charge in [-0.15, -0.1) is 0 Å². The van der Waals surface area contributed by atoms with Crippen LogP contribution in [0.5, 0.6) is 0 Å². The van der Waals surface area contributed by atoms with Gasteiger partial charge in [0.15, 0.2) is 0 Å². The Kier molecular flexibility index (Phi) is 4.37. The summed E-state index contributed by atoms with van der Waals surface area (Å²) in [7, 11) is 0. The van der Waals surface area contributed by atoms with Crippen molar-refractivity contribution in [1.82, 2.24) is 4.90 Å². The van der Waals surface area contributed by atoms with Crippen LogP contribution in [0, 0.1) is 11.3 Å². The molecular weight excluding hydrogens is 336 g/mol. The summed E-state index contributed by atoms with van der Waals surface area (Å²) >= 11 is 0. The summed E-state index contributed by atoms with van der Waals surface area (Å²) in [6.07, 6.45) is 1.09. The quantitative estimate of drug-likeness (QED) is 0.682. The summed E-state index contributed by atoms with van der Waals surface area (Å²) in [5, 5.41) is 13.9. The first kappa shape index (κ1) is 17.9. The fraction of sp³-hybridized carbons (Fsp3) is 0.435. The van der Waals surface area contributed by atoms with E-state index in [9.17, 15) is 9.90 Å². The highest BCUT2D eigenvalue weighted by Crippen LogP contribution is 2.53. The zero-order chi connectivity index (χ0) is 19.2. The predicted molar refractivity (Wildman–Crippen MR) is 108 cm³/mol. The molecule has 2 aliphatic heterocycles. The van der Waals surface area contributed by atoms with E-state index in [1.54, 1.807) is 4.90 Å². The lowest BCUT2D eigenvalue weighted by molar-refractivity contribution is -0.00931. The summed E-state index contributed by atoms with van der Waals surface area (Å²) in [5.41, 5.74) is 3.28. The van der Waals surface area contributed by atoms with Gasteiger partial charge in [-0.25, -0.2) is 4.79 Å². The van der Waals surface area contributed by atoms with Crippen LogP contribution in [-0.4, -0.2) is 22.1 Å². The molecular formula is C23H28N2O2. The molecule has 1 fully saturated rings. The van der Waals surface area contributed by atoms with Crippen molar-refractivity contribution in [2.75, 3.05) is 5.32 Å². The van der Waals surface area contributed by atoms with Crippen LogP contribution in [0.3, 0.4) is 0 Å². The molecule has 4 heteroatoms. The van der Waals surface area contributed by atoms with Crippen molar-refractivity contribution in [1.29, 1.82) is 0 Å². The third-order valence-electron chi connectivity index (χ3n) is 6.21. The normalized spacial score (nSPS) is 27.3. The maximum atomic E-state index is 12.4. The molecule has 27 heavy (non-hydrogen) atoms. The van der Waals surface area contributed by atoms with Gasteiger partial charge < -0.3 is 10.4 Å². The number of nitrogens with one attached hydrogen (secondary N) is 1. The average Bonchev–Trinajstić information content (AvgIpc) is 2.66. The summed E-state index contributed by atoms with van der Waals surface area (Å²) in [5.74, 6) is 0.219. The number of para-hydroxylation sites is 1. The van der Waals surface area contributed by atoms with Crippen molar-refractivity contribution < 1.29 is 9.90 Å². The van der Waals surface area contributed by atoms with Gasteiger partial charge in [-0.1, -0.05) is 69.3 Å². The second-order valence-corrected chi connectivity index (χ2v) is 8.88. The summed E-state index contributed by atoms with van der Waals surface area (Å²) in [6.45, 7) is 6.45. The van der Waals surface area contributed by atoms with Gasteiger partial charge in [-0.05, 0) is 35.4 Å². The zero-order valence-electron chi connectivity index (χ0n) is 16.2. The summed E-state index contributed by atoms with van der Waals surface area (Å²) in [4.78, 5) is 14.2. The lowest BCUT2D eigenvalue weighted by atomic mass is 9.69. The minimum Gasteiger partial charge on any atom is -0.465 e. The number of nitrogens with zero attached hydrogens (tertiary/aromatic N) is 1. The topological polar surface area (TPSA) is 52.6 Å². The van der Waals surface area contributed by atoms with Gasteiger partial charge in [0, 0.05) is 17.6 Å². The number of hydrogen-bond acceptors (Lipinski definition) is 2. The van der Waals surface area contributed by atoms with Gasteiger partial charge in [0.1, 0.15) is 0 Å². The molecule has 1 saturated heterocycles. The molecule has 2 N–H and O–H groups in total. The van der Waals surface area contributed by atoms with Crippen LogP contribution < -0.4 is 5.32 Å². The zero-order valence-corrected chi connectivity index (χ0v) is 16.2. The Hall–Kier alpha value is -2.49. The third-order valence-corrected chi connectivity index (χ3v) is 6.21. The smallest absolute Gasteiger partial charge is 0.408 e. The molecule has 4 atom stereocenters. The van der Waals surface area contributed by atoms with Crippen LogP contribution in [0.25, 0.3) is 0 Å². The molecule has 2 heterocycles. The largest absolute Gasteiger partial charge is 0.465 e. The van der Waals surface area contributed by atoms with Crippen LogP contribution >= 0.6 is 0 Å². The van der Waals surface area contributed by atoms with Crippen LogP contribution in [0.2, 0.25) is 0 Å². The number of piperidine rings is 1. The molecule has 2 aromatic rings. The monoisotopic (exact) mass is 364 g/mol. The van der Waals surface area contributed by atoms with Crippen molar-refractivity contribution in [3.05, 3.63) is 65.7 Å². The Morgan fingerprint density at radius 3 is 2.37 bits per heavy atom. The highest BCUT2D eigenvalue weighted by molar-refractivity contribution is 5.69. The number of benzene rings is 2. The van der Waals surface area contributed by atoms with E-state index in [2.05, 4.69) is 62.5 Å². The van der Waals surface area contributed by atoms with E-state index in [-0.39, 0.29) is 29.5 Å². The van der Waals surface area contributed by atoms with E-state index in [0.29, 0.717) is 0 Å². The van der Waals surface area contributed by atoms with Crippen LogP contribution in [-0.2, 0) is 0 Å². The van der Waals surface area contributed by atoms with Crippen molar-refractivity contribution in [2.45, 2.75) is 51.7 Å². The van der Waals surface area contributed by atoms with E-state index in [4.69, 9.17) is 0 Å². The van der Waals surface area contributed by atoms with E-state index in [1.807, 2.05) is 18.2 Å². The van der Waals surface area contributed by atoms with Gasteiger partial charge in [0.05, 0.1) is 12.1 Å². The Morgan fingerprint density at radius 2 is 1.70 bits per heavy atom. The Bertz CT molecular complexity index is 828. The molecule has 4 rings (SSSR count). The second-order valence-electron chi connectivity index (χ2n) is 8.88. The molecule has 0 aromatic heterocycles. The highest BCUT2D eigenvalue weighted by atomic mass is 16.4. The fourth-order valence-corrected chi connectivity index (χ4v) is 5.03. The van der Waals surface area contributed by atoms with E-state index >= 15 is 0 Å². The van der Waals surface area contributed by atoms with Gasteiger partial charge in [0.2, 0.25) is 0 Å². The first-order valence-corrected chi connectivity index (χ1v) is 9.79. The molecule has 1 amide bonds. The molecule has 0 radical (unpaired) electrons. The lowest BCUT2D eigenvalue weighted by Crippen LogP contribution is -2.56. The molecule has 4 nitrogen and oxygen atoms in total. The first-order valence-electron chi connectivity index (χ1n) is 9.79.